The number of sulfonamides is 1. The minimum Gasteiger partial charge on any atom is -0.490 e. The van der Waals surface area contributed by atoms with Crippen LogP contribution in [0.15, 0.2) is 71.6 Å². The van der Waals surface area contributed by atoms with E-state index in [2.05, 4.69) is 16.3 Å². The highest BCUT2D eigenvalue weighted by atomic mass is 32.2. The van der Waals surface area contributed by atoms with Crippen molar-refractivity contribution >= 4 is 21.6 Å². The van der Waals surface area contributed by atoms with Gasteiger partial charge in [0.1, 0.15) is 24.1 Å². The van der Waals surface area contributed by atoms with Crippen LogP contribution < -0.4 is 15.0 Å². The Morgan fingerprint density at radius 1 is 0.923 bits per heavy atom. The summed E-state index contributed by atoms with van der Waals surface area (Å²) >= 11 is 0. The van der Waals surface area contributed by atoms with Crippen LogP contribution in [0.5, 0.6) is 5.75 Å². The second-order valence-corrected chi connectivity index (χ2v) is 15.1. The van der Waals surface area contributed by atoms with Crippen molar-refractivity contribution in [3.8, 4) is 5.75 Å². The molecule has 52 heavy (non-hydrogen) atoms. The predicted octanol–water partition coefficient (Wildman–Crippen LogP) is 4.42. The zero-order chi connectivity index (χ0) is 37.0. The summed E-state index contributed by atoms with van der Waals surface area (Å²) in [4.78, 5) is 14.3. The number of anilines is 1. The summed E-state index contributed by atoms with van der Waals surface area (Å²) in [6, 6.07) is 20.9. The van der Waals surface area contributed by atoms with E-state index in [0.717, 1.165) is 53.2 Å². The molecule has 2 heterocycles. The largest absolute Gasteiger partial charge is 0.490 e. The van der Waals surface area contributed by atoms with E-state index >= 15 is 0 Å². The molecule has 284 valence electrons. The lowest BCUT2D eigenvalue weighted by molar-refractivity contribution is -0.179. The Balaban J connectivity index is 1.46. The molecule has 0 aromatic heterocycles. The summed E-state index contributed by atoms with van der Waals surface area (Å²) in [5.41, 5.74) is 3.72. The Hall–Kier alpha value is -3.56. The third-order valence-electron chi connectivity index (χ3n) is 9.47. The number of aryl methyl sites for hydroxylation is 1. The van der Waals surface area contributed by atoms with E-state index in [-0.39, 0.29) is 37.1 Å². The van der Waals surface area contributed by atoms with E-state index in [1.165, 1.54) is 11.2 Å². The van der Waals surface area contributed by atoms with Gasteiger partial charge in [-0.15, -0.1) is 0 Å². The Bertz CT molecular complexity index is 1690. The van der Waals surface area contributed by atoms with E-state index in [1.807, 2.05) is 43.3 Å². The molecule has 0 saturated carbocycles. The van der Waals surface area contributed by atoms with Crippen LogP contribution in [0.4, 0.5) is 5.69 Å². The smallest absolute Gasteiger partial charge is 0.243 e. The van der Waals surface area contributed by atoms with E-state index in [1.54, 1.807) is 38.5 Å². The molecule has 0 bridgehead atoms. The number of nitrogens with zero attached hydrogens (tertiary/aromatic N) is 2. The molecular weight excluding hydrogens is 687 g/mol. The van der Waals surface area contributed by atoms with Gasteiger partial charge in [0.15, 0.2) is 0 Å². The topological polar surface area (TPSA) is 125 Å². The minimum absolute atomic E-state index is 0.0649. The molecule has 0 radical (unpaired) electrons. The van der Waals surface area contributed by atoms with Crippen LogP contribution in [0, 0.1) is 6.92 Å². The maximum absolute atomic E-state index is 14.0. The summed E-state index contributed by atoms with van der Waals surface area (Å²) in [5, 5.41) is 2.82. The van der Waals surface area contributed by atoms with E-state index in [9.17, 15) is 13.2 Å². The Morgan fingerprint density at radius 2 is 1.67 bits per heavy atom. The number of hydrogen-bond acceptors (Lipinski definition) is 10. The summed E-state index contributed by atoms with van der Waals surface area (Å²) in [7, 11) is -0.491. The van der Waals surface area contributed by atoms with E-state index < -0.39 is 21.7 Å². The molecule has 12 nitrogen and oxygen atoms in total. The van der Waals surface area contributed by atoms with Crippen molar-refractivity contribution in [2.24, 2.45) is 0 Å². The van der Waals surface area contributed by atoms with Crippen molar-refractivity contribution in [2.45, 2.75) is 56.5 Å². The first-order valence-corrected chi connectivity index (χ1v) is 19.3. The number of hydrogen-bond donors (Lipinski definition) is 1. The maximum Gasteiger partial charge on any atom is 0.243 e. The number of amides is 1. The molecule has 1 N–H and O–H groups in total. The second kappa shape index (κ2) is 19.0. The monoisotopic (exact) mass is 739 g/mol. The predicted molar refractivity (Wildman–Crippen MR) is 198 cm³/mol. The van der Waals surface area contributed by atoms with Crippen molar-refractivity contribution in [2.75, 3.05) is 84.9 Å². The maximum atomic E-state index is 14.0. The summed E-state index contributed by atoms with van der Waals surface area (Å²) < 4.78 is 65.2. The molecule has 0 spiro atoms. The number of piperidine rings is 1. The minimum atomic E-state index is -3.84. The van der Waals surface area contributed by atoms with Crippen molar-refractivity contribution < 1.29 is 41.6 Å². The molecule has 3 aromatic carbocycles. The van der Waals surface area contributed by atoms with Gasteiger partial charge in [-0.1, -0.05) is 48.0 Å². The molecule has 0 unspecified atom stereocenters. The van der Waals surface area contributed by atoms with E-state index in [0.29, 0.717) is 46.0 Å². The molecule has 1 saturated heterocycles. The van der Waals surface area contributed by atoms with Gasteiger partial charge in [-0.2, -0.15) is 4.31 Å². The van der Waals surface area contributed by atoms with Crippen molar-refractivity contribution in [1.29, 1.82) is 0 Å². The number of benzene rings is 3. The van der Waals surface area contributed by atoms with Crippen LogP contribution in [0.25, 0.3) is 0 Å². The second-order valence-electron chi connectivity index (χ2n) is 13.2. The first kappa shape index (κ1) is 39.6. The summed E-state index contributed by atoms with van der Waals surface area (Å²) in [6.45, 7) is 8.69. The fourth-order valence-corrected chi connectivity index (χ4v) is 8.07. The molecule has 2 aliphatic heterocycles. The number of carbonyl (C=O) groups is 1. The van der Waals surface area contributed by atoms with Crippen LogP contribution in [0.3, 0.4) is 0 Å². The highest BCUT2D eigenvalue weighted by Gasteiger charge is 2.49. The van der Waals surface area contributed by atoms with E-state index in [4.69, 9.17) is 28.4 Å². The Morgan fingerprint density at radius 3 is 2.40 bits per heavy atom. The van der Waals surface area contributed by atoms with Crippen LogP contribution in [0.1, 0.15) is 42.0 Å². The van der Waals surface area contributed by atoms with Gasteiger partial charge < -0.3 is 38.6 Å². The van der Waals surface area contributed by atoms with Crippen LogP contribution in [-0.2, 0) is 57.3 Å². The fourth-order valence-electron chi connectivity index (χ4n) is 6.63. The van der Waals surface area contributed by atoms with Gasteiger partial charge in [0.2, 0.25) is 15.9 Å². The van der Waals surface area contributed by atoms with Gasteiger partial charge in [-0.05, 0) is 60.7 Å². The van der Waals surface area contributed by atoms with Crippen LogP contribution in [0.2, 0.25) is 0 Å². The lowest BCUT2D eigenvalue weighted by Crippen LogP contribution is -2.57. The summed E-state index contributed by atoms with van der Waals surface area (Å²) in [5.74, 6) is 0.664. The number of fused-ring (bicyclic) bond motifs is 1. The van der Waals surface area contributed by atoms with Gasteiger partial charge in [-0.3, -0.25) is 4.79 Å². The quantitative estimate of drug-likeness (QED) is 0.177. The highest BCUT2D eigenvalue weighted by molar-refractivity contribution is 7.89. The fraction of sp³-hybridized carbons (Fsp3) is 0.513. The summed E-state index contributed by atoms with van der Waals surface area (Å²) in [6.07, 6.45) is 0.519. The van der Waals surface area contributed by atoms with Crippen LogP contribution in [-0.4, -0.2) is 105 Å². The number of rotatable bonds is 19. The lowest BCUT2D eigenvalue weighted by atomic mass is 9.81. The molecule has 2 aliphatic rings. The number of methoxy groups -OCH3 is 2. The number of carbonyl (C=O) groups excluding carboxylic acids is 1. The van der Waals surface area contributed by atoms with Gasteiger partial charge in [-0.25, -0.2) is 8.42 Å². The van der Waals surface area contributed by atoms with Crippen molar-refractivity contribution in [1.82, 2.24) is 9.62 Å². The van der Waals surface area contributed by atoms with Gasteiger partial charge >= 0.3 is 0 Å². The molecule has 3 aromatic rings. The molecule has 13 heteroatoms. The molecule has 2 atom stereocenters. The molecular formula is C39H53N3O9S. The Labute approximate surface area is 308 Å². The standard InChI is InChI=1S/C39H53N3O9S/c1-30-6-13-35(14-7-30)52(44,45)42-19-16-39(51-22-17-40-31(2)43,34-11-8-32(9-12-34)28-48-25-24-47-4)38(27-42)50-29-33-10-15-37-36(26-33)41(20-23-49-37)18-5-21-46-3/h6-15,26,38H,5,16-25,27-29H2,1-4H3,(H,40,43)/t38-,39-/m0/s1. The SMILES string of the molecule is COCCCN1CCOc2ccc(CO[C@H]3CN(S(=O)(=O)c4ccc(C)cc4)CC[C@]3(OCCNC(C)=O)c3ccc(COCCOC)cc3)cc21. The molecule has 0 aliphatic carbocycles. The first-order chi connectivity index (χ1) is 25.2. The molecule has 5 rings (SSSR count). The van der Waals surface area contributed by atoms with Gasteiger partial charge in [0.05, 0.1) is 50.2 Å². The number of ether oxygens (including phenoxy) is 6. The number of nitrogens with one attached hydrogen (secondary N) is 1. The average Bonchev–Trinajstić information content (AvgIpc) is 3.15. The Kier molecular flexibility index (Phi) is 14.5. The normalized spacial score (nSPS) is 19.2. The highest BCUT2D eigenvalue weighted by Crippen LogP contribution is 2.41. The molecule has 1 fully saturated rings. The lowest BCUT2D eigenvalue weighted by Gasteiger charge is -2.47. The zero-order valence-corrected chi connectivity index (χ0v) is 31.6. The molecule has 1 amide bonds. The van der Waals surface area contributed by atoms with Crippen molar-refractivity contribution in [3.05, 3.63) is 89.0 Å². The van der Waals surface area contributed by atoms with Gasteiger partial charge in [0, 0.05) is 53.9 Å². The average molecular weight is 740 g/mol. The zero-order valence-electron chi connectivity index (χ0n) is 30.8. The van der Waals surface area contributed by atoms with Crippen LogP contribution >= 0.6 is 0 Å². The third-order valence-corrected chi connectivity index (χ3v) is 11.3. The van der Waals surface area contributed by atoms with Gasteiger partial charge in [0.25, 0.3) is 0 Å². The first-order valence-electron chi connectivity index (χ1n) is 17.9. The van der Waals surface area contributed by atoms with Crippen molar-refractivity contribution in [3.63, 3.8) is 0 Å². The third kappa shape index (κ3) is 10.1.